The molecule has 1 rings (SSSR count). The Morgan fingerprint density at radius 1 is 0.778 bits per heavy atom. The molecular formula is C17H27N. The second-order valence-electron chi connectivity index (χ2n) is 4.50. The number of allylic oxidation sites excluding steroid dienone is 3. The number of hydrogen-bond acceptors (Lipinski definition) is 0. The molecule has 0 radical (unpaired) electrons. The van der Waals surface area contributed by atoms with Crippen molar-refractivity contribution >= 4 is 6.20 Å². The molecule has 1 heteroatoms. The maximum atomic E-state index is 2.41. The molecule has 0 spiro atoms. The van der Waals surface area contributed by atoms with E-state index in [4.69, 9.17) is 0 Å². The van der Waals surface area contributed by atoms with Crippen LogP contribution in [0.5, 0.6) is 0 Å². The van der Waals surface area contributed by atoms with Crippen molar-refractivity contribution in [2.45, 2.75) is 60.3 Å². The summed E-state index contributed by atoms with van der Waals surface area (Å²) in [4.78, 5) is 0. The monoisotopic (exact) mass is 245 g/mol. The third kappa shape index (κ3) is 2.77. The first kappa shape index (κ1) is 14.8. The molecule has 18 heavy (non-hydrogen) atoms. The molecule has 0 amide bonds. The van der Waals surface area contributed by atoms with Crippen LogP contribution < -0.4 is 0 Å². The highest BCUT2D eigenvalue weighted by atomic mass is 15.0. The van der Waals surface area contributed by atoms with Crippen LogP contribution in [0.1, 0.15) is 57.1 Å². The van der Waals surface area contributed by atoms with Gasteiger partial charge in [-0.15, -0.1) is 0 Å². The molecular weight excluding hydrogens is 218 g/mol. The summed E-state index contributed by atoms with van der Waals surface area (Å²) in [7, 11) is 0. The molecule has 1 aromatic heterocycles. The van der Waals surface area contributed by atoms with Gasteiger partial charge in [-0.1, -0.05) is 39.8 Å². The molecule has 0 atom stereocenters. The van der Waals surface area contributed by atoms with E-state index in [0.717, 1.165) is 25.7 Å². The predicted molar refractivity (Wildman–Crippen MR) is 82.1 cm³/mol. The van der Waals surface area contributed by atoms with Crippen LogP contribution in [-0.4, -0.2) is 4.57 Å². The van der Waals surface area contributed by atoms with E-state index in [9.17, 15) is 0 Å². The van der Waals surface area contributed by atoms with Crippen LogP contribution in [0.15, 0.2) is 18.2 Å². The Morgan fingerprint density at radius 2 is 1.28 bits per heavy atom. The van der Waals surface area contributed by atoms with Crippen LogP contribution in [0.4, 0.5) is 0 Å². The van der Waals surface area contributed by atoms with Gasteiger partial charge in [-0.25, -0.2) is 0 Å². The summed E-state index contributed by atoms with van der Waals surface area (Å²) in [6.45, 7) is 11.1. The van der Waals surface area contributed by atoms with Gasteiger partial charge in [-0.05, 0) is 49.8 Å². The molecule has 0 saturated heterocycles. The average Bonchev–Trinajstić information content (AvgIpc) is 2.70. The molecule has 0 unspecified atom stereocenters. The second-order valence-corrected chi connectivity index (χ2v) is 4.50. The first-order valence-electron chi connectivity index (χ1n) is 7.28. The number of rotatable bonds is 6. The van der Waals surface area contributed by atoms with Crippen LogP contribution in [0.25, 0.3) is 6.20 Å². The Hall–Kier alpha value is -1.24. The molecule has 0 aromatic carbocycles. The smallest absolute Gasteiger partial charge is 0.0255 e. The minimum Gasteiger partial charge on any atom is -0.324 e. The topological polar surface area (TPSA) is 4.93 Å². The molecule has 0 fully saturated rings. The van der Waals surface area contributed by atoms with E-state index in [-0.39, 0.29) is 0 Å². The van der Waals surface area contributed by atoms with Gasteiger partial charge in [0.05, 0.1) is 0 Å². The van der Waals surface area contributed by atoms with Crippen LogP contribution in [0.3, 0.4) is 0 Å². The Balaban J connectivity index is 3.40. The van der Waals surface area contributed by atoms with Gasteiger partial charge in [-0.3, -0.25) is 0 Å². The van der Waals surface area contributed by atoms with E-state index in [2.05, 4.69) is 63.6 Å². The van der Waals surface area contributed by atoms with Crippen molar-refractivity contribution in [3.05, 3.63) is 40.7 Å². The minimum absolute atomic E-state index is 1.11. The van der Waals surface area contributed by atoms with Crippen molar-refractivity contribution in [1.29, 1.82) is 0 Å². The maximum Gasteiger partial charge on any atom is 0.0255 e. The van der Waals surface area contributed by atoms with Gasteiger partial charge in [0, 0.05) is 17.6 Å². The van der Waals surface area contributed by atoms with E-state index in [1.54, 1.807) is 11.1 Å². The first-order valence-corrected chi connectivity index (χ1v) is 7.28. The van der Waals surface area contributed by atoms with Gasteiger partial charge in [0.2, 0.25) is 0 Å². The zero-order valence-corrected chi connectivity index (χ0v) is 12.6. The van der Waals surface area contributed by atoms with Crippen molar-refractivity contribution < 1.29 is 0 Å². The van der Waals surface area contributed by atoms with Gasteiger partial charge in [0.25, 0.3) is 0 Å². The number of hydrogen-bond donors (Lipinski definition) is 0. The number of aromatic nitrogens is 1. The molecule has 0 N–H and O–H groups in total. The van der Waals surface area contributed by atoms with Gasteiger partial charge in [0.1, 0.15) is 0 Å². The lowest BCUT2D eigenvalue weighted by atomic mass is 10.0. The van der Waals surface area contributed by atoms with E-state index in [1.165, 1.54) is 11.4 Å². The summed E-state index contributed by atoms with van der Waals surface area (Å²) in [5.74, 6) is 0. The van der Waals surface area contributed by atoms with Crippen molar-refractivity contribution in [2.75, 3.05) is 0 Å². The summed E-state index contributed by atoms with van der Waals surface area (Å²) in [6.07, 6.45) is 13.0. The van der Waals surface area contributed by atoms with E-state index in [0.29, 0.717) is 0 Å². The molecule has 0 saturated carbocycles. The Morgan fingerprint density at radius 3 is 1.61 bits per heavy atom. The molecule has 1 heterocycles. The molecule has 100 valence electrons. The Bertz CT molecular complexity index is 403. The zero-order chi connectivity index (χ0) is 13.5. The van der Waals surface area contributed by atoms with Crippen molar-refractivity contribution in [3.63, 3.8) is 0 Å². The average molecular weight is 245 g/mol. The molecule has 0 aliphatic carbocycles. The molecule has 0 aliphatic rings. The summed E-state index contributed by atoms with van der Waals surface area (Å²) in [5, 5.41) is 0. The van der Waals surface area contributed by atoms with Gasteiger partial charge < -0.3 is 4.57 Å². The van der Waals surface area contributed by atoms with Crippen LogP contribution in [0.2, 0.25) is 0 Å². The fourth-order valence-electron chi connectivity index (χ4n) is 2.83. The lowest BCUT2D eigenvalue weighted by molar-refractivity contribution is 0.887. The Labute approximate surface area is 112 Å². The van der Waals surface area contributed by atoms with Crippen molar-refractivity contribution in [1.82, 2.24) is 4.57 Å². The normalized spacial score (nSPS) is 12.1. The van der Waals surface area contributed by atoms with Crippen LogP contribution in [-0.2, 0) is 25.7 Å². The highest BCUT2D eigenvalue weighted by molar-refractivity contribution is 5.46. The standard InChI is InChI=1S/C17H27N/c1-6-11-12-13-18-16(9-4)14(7-2)15(8-3)17(18)10-5/h6,11-13H,7-10H2,1-5H3. The highest BCUT2D eigenvalue weighted by Gasteiger charge is 2.16. The highest BCUT2D eigenvalue weighted by Crippen LogP contribution is 2.26. The lowest BCUT2D eigenvalue weighted by Gasteiger charge is -2.07. The zero-order valence-electron chi connectivity index (χ0n) is 12.6. The van der Waals surface area contributed by atoms with Crippen molar-refractivity contribution in [2.24, 2.45) is 0 Å². The van der Waals surface area contributed by atoms with Crippen LogP contribution >= 0.6 is 0 Å². The minimum atomic E-state index is 1.11. The summed E-state index contributed by atoms with van der Waals surface area (Å²) < 4.78 is 2.41. The van der Waals surface area contributed by atoms with E-state index in [1.807, 2.05) is 0 Å². The molecule has 1 nitrogen and oxygen atoms in total. The first-order chi connectivity index (χ1) is 8.74. The Kier molecular flexibility index (Phi) is 5.97. The molecule has 0 bridgehead atoms. The second kappa shape index (κ2) is 7.25. The quantitative estimate of drug-likeness (QED) is 0.635. The van der Waals surface area contributed by atoms with Gasteiger partial charge in [-0.2, -0.15) is 0 Å². The summed E-state index contributed by atoms with van der Waals surface area (Å²) in [5.41, 5.74) is 6.13. The van der Waals surface area contributed by atoms with E-state index < -0.39 is 0 Å². The van der Waals surface area contributed by atoms with Crippen molar-refractivity contribution in [3.8, 4) is 0 Å². The largest absolute Gasteiger partial charge is 0.324 e. The SMILES string of the molecule is CC=CC=Cn1c(CC)c(CC)c(CC)c1CC. The molecule has 1 aromatic rings. The number of nitrogens with zero attached hydrogens (tertiary/aromatic N) is 1. The fourth-order valence-corrected chi connectivity index (χ4v) is 2.83. The summed E-state index contributed by atoms with van der Waals surface area (Å²) >= 11 is 0. The predicted octanol–water partition coefficient (Wildman–Crippen LogP) is 4.78. The summed E-state index contributed by atoms with van der Waals surface area (Å²) in [6, 6.07) is 0. The lowest BCUT2D eigenvalue weighted by Crippen LogP contribution is -1.99. The molecule has 0 aliphatic heterocycles. The third-order valence-corrected chi connectivity index (χ3v) is 3.56. The third-order valence-electron chi connectivity index (χ3n) is 3.56. The van der Waals surface area contributed by atoms with Gasteiger partial charge >= 0.3 is 0 Å². The maximum absolute atomic E-state index is 2.41. The van der Waals surface area contributed by atoms with E-state index >= 15 is 0 Å². The van der Waals surface area contributed by atoms with Gasteiger partial charge in [0.15, 0.2) is 0 Å². The fraction of sp³-hybridized carbons (Fsp3) is 0.529. The van der Waals surface area contributed by atoms with Crippen LogP contribution in [0, 0.1) is 0 Å².